The normalized spacial score (nSPS) is 17.5. The molecule has 1 saturated heterocycles. The van der Waals surface area contributed by atoms with Crippen molar-refractivity contribution in [3.63, 3.8) is 0 Å². The fraction of sp³-hybridized carbons (Fsp3) is 0.667. The van der Waals surface area contributed by atoms with Crippen LogP contribution in [-0.2, 0) is 4.74 Å². The van der Waals surface area contributed by atoms with E-state index < -0.39 is 0 Å². The zero-order valence-electron chi connectivity index (χ0n) is 15.2. The Bertz CT molecular complexity index is 342. The molecule has 0 amide bonds. The van der Waals surface area contributed by atoms with Gasteiger partial charge in [-0.2, -0.15) is 0 Å². The van der Waals surface area contributed by atoms with E-state index in [0.717, 1.165) is 31.0 Å². The summed E-state index contributed by atoms with van der Waals surface area (Å²) in [6.07, 6.45) is 6.80. The van der Waals surface area contributed by atoms with Gasteiger partial charge < -0.3 is 19.9 Å². The van der Waals surface area contributed by atoms with Crippen molar-refractivity contribution in [2.75, 3.05) is 53.4 Å². The van der Waals surface area contributed by atoms with Crippen molar-refractivity contribution in [1.29, 1.82) is 0 Å². The van der Waals surface area contributed by atoms with Crippen LogP contribution in [0.15, 0.2) is 36.3 Å². The molecule has 1 N–H and O–H groups in total. The van der Waals surface area contributed by atoms with Crippen LogP contribution in [0.5, 0.6) is 0 Å². The lowest BCUT2D eigenvalue weighted by Gasteiger charge is -2.32. The molecule has 0 bridgehead atoms. The molecule has 1 aliphatic heterocycles. The predicted octanol–water partition coefficient (Wildman–Crippen LogP) is 2.86. The minimum Gasteiger partial charge on any atom is -0.493 e. The summed E-state index contributed by atoms with van der Waals surface area (Å²) in [6, 6.07) is 0. The highest BCUT2D eigenvalue weighted by atomic mass is 16.5. The molecule has 0 aromatic heterocycles. The van der Waals surface area contributed by atoms with Crippen LogP contribution < -0.4 is 5.32 Å². The molecule has 4 nitrogen and oxygen atoms in total. The van der Waals surface area contributed by atoms with Gasteiger partial charge in [0.25, 0.3) is 0 Å². The van der Waals surface area contributed by atoms with Gasteiger partial charge in [-0.05, 0) is 26.5 Å². The van der Waals surface area contributed by atoms with Crippen LogP contribution >= 0.6 is 0 Å². The maximum absolute atomic E-state index is 5.76. The van der Waals surface area contributed by atoms with Crippen molar-refractivity contribution >= 4 is 0 Å². The summed E-state index contributed by atoms with van der Waals surface area (Å²) >= 11 is 0. The number of ether oxygens (including phenoxy) is 1. The molecule has 128 valence electrons. The van der Waals surface area contributed by atoms with Gasteiger partial charge in [-0.3, -0.25) is 0 Å². The van der Waals surface area contributed by atoms with Gasteiger partial charge in [-0.15, -0.1) is 0 Å². The lowest BCUT2D eigenvalue weighted by Crippen LogP contribution is -2.44. The molecule has 1 rings (SSSR count). The number of rotatable bonds is 8. The monoisotopic (exact) mass is 309 g/mol. The third kappa shape index (κ3) is 8.90. The van der Waals surface area contributed by atoms with Crippen molar-refractivity contribution in [1.82, 2.24) is 15.1 Å². The van der Waals surface area contributed by atoms with E-state index in [-0.39, 0.29) is 0 Å². The molecule has 4 heteroatoms. The van der Waals surface area contributed by atoms with Gasteiger partial charge in [0.2, 0.25) is 0 Å². The van der Waals surface area contributed by atoms with Crippen molar-refractivity contribution in [2.45, 2.75) is 27.2 Å². The first-order valence-electron chi connectivity index (χ1n) is 8.41. The lowest BCUT2D eigenvalue weighted by molar-refractivity contribution is 0.136. The summed E-state index contributed by atoms with van der Waals surface area (Å²) in [7, 11) is 4.09. The minimum absolute atomic E-state index is 0.741. The number of nitrogens with zero attached hydrogens (tertiary/aromatic N) is 2. The third-order valence-electron chi connectivity index (χ3n) is 3.58. The quantitative estimate of drug-likeness (QED) is 0.424. The Morgan fingerprint density at radius 2 is 1.86 bits per heavy atom. The Morgan fingerprint density at radius 1 is 1.23 bits per heavy atom. The van der Waals surface area contributed by atoms with Crippen LogP contribution in [0.4, 0.5) is 0 Å². The summed E-state index contributed by atoms with van der Waals surface area (Å²) in [5, 5.41) is 3.11. The highest BCUT2D eigenvalue weighted by Gasteiger charge is 2.12. The first-order chi connectivity index (χ1) is 10.7. The van der Waals surface area contributed by atoms with E-state index in [9.17, 15) is 0 Å². The molecule has 22 heavy (non-hydrogen) atoms. The molecule has 0 radical (unpaired) electrons. The Balaban J connectivity index is 0.00000211. The van der Waals surface area contributed by atoms with E-state index in [0.29, 0.717) is 0 Å². The second-order valence-corrected chi connectivity index (χ2v) is 5.09. The van der Waals surface area contributed by atoms with E-state index in [1.807, 2.05) is 40.0 Å². The standard InChI is InChI=1S/C16H29N3O.C2H6/c1-5-15(17-3)14-16(6-2)20-13-7-8-19-11-9-18(4)10-12-19;1-2/h5-6,14,17H,2,7-13H2,1,3-4H3;1-2H3/b15-5+,16-14+;. The number of hydrogen-bond donors (Lipinski definition) is 1. The number of likely N-dealkylation sites (N-methyl/N-ethyl adjacent to an activating group) is 2. The van der Waals surface area contributed by atoms with E-state index in [1.165, 1.54) is 26.2 Å². The second-order valence-electron chi connectivity index (χ2n) is 5.09. The average molecular weight is 309 g/mol. The fourth-order valence-corrected chi connectivity index (χ4v) is 2.16. The van der Waals surface area contributed by atoms with Gasteiger partial charge in [-0.1, -0.05) is 26.5 Å². The van der Waals surface area contributed by atoms with Gasteiger partial charge in [0.15, 0.2) is 0 Å². The smallest absolute Gasteiger partial charge is 0.120 e. The predicted molar refractivity (Wildman–Crippen MR) is 97.0 cm³/mol. The molecule has 1 fully saturated rings. The average Bonchev–Trinajstić information content (AvgIpc) is 2.58. The van der Waals surface area contributed by atoms with Crippen molar-refractivity contribution in [3.05, 3.63) is 36.3 Å². The molecule has 0 unspecified atom stereocenters. The van der Waals surface area contributed by atoms with Crippen LogP contribution in [0.1, 0.15) is 27.2 Å². The van der Waals surface area contributed by atoms with Gasteiger partial charge in [0.05, 0.1) is 6.61 Å². The maximum atomic E-state index is 5.76. The minimum atomic E-state index is 0.741. The topological polar surface area (TPSA) is 27.7 Å². The number of piperazine rings is 1. The van der Waals surface area contributed by atoms with Gasteiger partial charge >= 0.3 is 0 Å². The molecular weight excluding hydrogens is 274 g/mol. The van der Waals surface area contributed by atoms with Crippen LogP contribution in [-0.4, -0.2) is 63.2 Å². The lowest BCUT2D eigenvalue weighted by atomic mass is 10.3. The molecular formula is C18H35N3O. The van der Waals surface area contributed by atoms with Crippen LogP contribution in [0.25, 0.3) is 0 Å². The zero-order valence-corrected chi connectivity index (χ0v) is 15.2. The highest BCUT2D eigenvalue weighted by Crippen LogP contribution is 2.05. The Hall–Kier alpha value is -1.26. The molecule has 0 aliphatic carbocycles. The third-order valence-corrected chi connectivity index (χ3v) is 3.58. The first-order valence-corrected chi connectivity index (χ1v) is 8.41. The van der Waals surface area contributed by atoms with Gasteiger partial charge in [0.1, 0.15) is 5.76 Å². The van der Waals surface area contributed by atoms with Gasteiger partial charge in [-0.25, -0.2) is 0 Å². The Morgan fingerprint density at radius 3 is 2.36 bits per heavy atom. The molecule has 0 aromatic carbocycles. The Kier molecular flexibility index (Phi) is 12.6. The summed E-state index contributed by atoms with van der Waals surface area (Å²) in [4.78, 5) is 4.88. The molecule has 0 aromatic rings. The molecule has 1 heterocycles. The number of nitrogens with one attached hydrogen (secondary N) is 1. The van der Waals surface area contributed by atoms with E-state index in [1.54, 1.807) is 6.08 Å². The summed E-state index contributed by atoms with van der Waals surface area (Å²) in [6.45, 7) is 16.3. The zero-order chi connectivity index (χ0) is 16.8. The van der Waals surface area contributed by atoms with Crippen molar-refractivity contribution in [3.8, 4) is 0 Å². The van der Waals surface area contributed by atoms with E-state index >= 15 is 0 Å². The maximum Gasteiger partial charge on any atom is 0.120 e. The second kappa shape index (κ2) is 13.4. The van der Waals surface area contributed by atoms with Gasteiger partial charge in [0, 0.05) is 51.5 Å². The Labute approximate surface area is 137 Å². The summed E-state index contributed by atoms with van der Waals surface area (Å²) in [5.41, 5.74) is 1.04. The van der Waals surface area contributed by atoms with Crippen LogP contribution in [0.2, 0.25) is 0 Å². The number of hydrogen-bond acceptors (Lipinski definition) is 4. The molecule has 0 atom stereocenters. The van der Waals surface area contributed by atoms with E-state index in [2.05, 4.69) is 28.7 Å². The first kappa shape index (κ1) is 20.7. The largest absolute Gasteiger partial charge is 0.493 e. The molecule has 1 aliphatic rings. The fourth-order valence-electron chi connectivity index (χ4n) is 2.16. The van der Waals surface area contributed by atoms with Crippen LogP contribution in [0.3, 0.4) is 0 Å². The van der Waals surface area contributed by atoms with Crippen molar-refractivity contribution < 1.29 is 4.74 Å². The van der Waals surface area contributed by atoms with E-state index in [4.69, 9.17) is 4.74 Å². The SMILES string of the molecule is C=C/C(=C\C(=C/C)NC)OCCCN1CCN(C)CC1.CC. The molecule has 0 saturated carbocycles. The van der Waals surface area contributed by atoms with Crippen LogP contribution in [0, 0.1) is 0 Å². The summed E-state index contributed by atoms with van der Waals surface area (Å²) < 4.78 is 5.76. The summed E-state index contributed by atoms with van der Waals surface area (Å²) in [5.74, 6) is 0.825. The number of allylic oxidation sites excluding steroid dienone is 3. The highest BCUT2D eigenvalue weighted by molar-refractivity contribution is 5.23. The molecule has 0 spiro atoms. The van der Waals surface area contributed by atoms with Crippen molar-refractivity contribution in [2.24, 2.45) is 0 Å².